The van der Waals surface area contributed by atoms with Crippen LogP contribution in [0.15, 0.2) is 17.0 Å². The first-order chi connectivity index (χ1) is 12.8. The van der Waals surface area contributed by atoms with Gasteiger partial charge in [-0.1, -0.05) is 13.0 Å². The van der Waals surface area contributed by atoms with E-state index in [9.17, 15) is 22.9 Å². The van der Waals surface area contributed by atoms with Gasteiger partial charge >= 0.3 is 6.09 Å². The predicted molar refractivity (Wildman–Crippen MR) is 106 cm³/mol. The van der Waals surface area contributed by atoms with E-state index in [1.165, 1.54) is 6.07 Å². The molecule has 0 radical (unpaired) electrons. The molecule has 0 unspecified atom stereocenters. The van der Waals surface area contributed by atoms with E-state index in [4.69, 9.17) is 4.74 Å². The summed E-state index contributed by atoms with van der Waals surface area (Å²) in [5, 5.41) is 14.2. The summed E-state index contributed by atoms with van der Waals surface area (Å²) in [6.45, 7) is 9.10. The molecule has 7 nitrogen and oxygen atoms in total. The molecule has 28 heavy (non-hydrogen) atoms. The van der Waals surface area contributed by atoms with Crippen LogP contribution in [0.2, 0.25) is 0 Å². The Labute approximate surface area is 167 Å². The molecule has 0 saturated heterocycles. The third kappa shape index (κ3) is 5.24. The molecule has 3 N–H and O–H groups in total. The molecule has 0 aromatic heterocycles. The summed E-state index contributed by atoms with van der Waals surface area (Å²) in [5.74, 6) is 0. The van der Waals surface area contributed by atoms with Crippen molar-refractivity contribution in [3.63, 3.8) is 0 Å². The first kappa shape index (κ1) is 22.6. The van der Waals surface area contributed by atoms with E-state index in [0.29, 0.717) is 19.3 Å². The second-order valence-electron chi connectivity index (χ2n) is 8.51. The molecule has 1 aliphatic carbocycles. The predicted octanol–water partition coefficient (Wildman–Crippen LogP) is 3.46. The van der Waals surface area contributed by atoms with Crippen molar-refractivity contribution in [3.05, 3.63) is 28.8 Å². The average Bonchev–Trinajstić information content (AvgIpc) is 2.54. The van der Waals surface area contributed by atoms with Crippen molar-refractivity contribution in [3.8, 4) is 0 Å². The molecule has 158 valence electrons. The van der Waals surface area contributed by atoms with Crippen molar-refractivity contribution in [1.82, 2.24) is 5.32 Å². The van der Waals surface area contributed by atoms with Gasteiger partial charge in [0.05, 0.1) is 5.60 Å². The number of rotatable bonds is 4. The van der Waals surface area contributed by atoms with E-state index in [0.717, 1.165) is 11.1 Å². The number of nitrogens with one attached hydrogen (secondary N) is 1. The van der Waals surface area contributed by atoms with Gasteiger partial charge in [0.25, 0.3) is 10.1 Å². The van der Waals surface area contributed by atoms with E-state index in [-0.39, 0.29) is 29.3 Å². The maximum atomic E-state index is 12.0. The van der Waals surface area contributed by atoms with Gasteiger partial charge < -0.3 is 15.2 Å². The van der Waals surface area contributed by atoms with Gasteiger partial charge in [0.15, 0.2) is 0 Å². The van der Waals surface area contributed by atoms with E-state index >= 15 is 0 Å². The number of carbonyl (C=O) groups excluding carboxylic acids is 1. The van der Waals surface area contributed by atoms with Gasteiger partial charge in [0, 0.05) is 11.6 Å². The summed E-state index contributed by atoms with van der Waals surface area (Å²) in [6.07, 6.45) is 1.51. The van der Waals surface area contributed by atoms with Gasteiger partial charge in [0.2, 0.25) is 0 Å². The fraction of sp³-hybridized carbons (Fsp3) is 0.650. The largest absolute Gasteiger partial charge is 0.444 e. The Morgan fingerprint density at radius 3 is 2.32 bits per heavy atom. The SMILES string of the molecule is CCc1c(C)ccc(S(=O)(=O)O)c1C1(O)CCC(NC(=O)OC(C)(C)C)CC1. The normalized spacial score (nSPS) is 23.3. The van der Waals surface area contributed by atoms with Gasteiger partial charge in [-0.15, -0.1) is 0 Å². The number of ether oxygens (including phenoxy) is 1. The van der Waals surface area contributed by atoms with Gasteiger partial charge in [-0.2, -0.15) is 8.42 Å². The lowest BCUT2D eigenvalue weighted by Crippen LogP contribution is -2.44. The van der Waals surface area contributed by atoms with Crippen molar-refractivity contribution < 1.29 is 27.6 Å². The summed E-state index contributed by atoms with van der Waals surface area (Å²) >= 11 is 0. The molecule has 1 aromatic rings. The van der Waals surface area contributed by atoms with Crippen molar-refractivity contribution in [1.29, 1.82) is 0 Å². The van der Waals surface area contributed by atoms with Crippen LogP contribution < -0.4 is 5.32 Å². The minimum absolute atomic E-state index is 0.167. The van der Waals surface area contributed by atoms with Gasteiger partial charge in [-0.3, -0.25) is 4.55 Å². The van der Waals surface area contributed by atoms with E-state index in [1.807, 2.05) is 13.8 Å². The first-order valence-electron chi connectivity index (χ1n) is 9.59. The van der Waals surface area contributed by atoms with Gasteiger partial charge in [-0.25, -0.2) is 4.79 Å². The van der Waals surface area contributed by atoms with Gasteiger partial charge in [0.1, 0.15) is 10.5 Å². The Bertz CT molecular complexity index is 833. The molecule has 1 aliphatic rings. The summed E-state index contributed by atoms with van der Waals surface area (Å²) in [7, 11) is -4.47. The summed E-state index contributed by atoms with van der Waals surface area (Å²) in [6, 6.07) is 2.83. The lowest BCUT2D eigenvalue weighted by Gasteiger charge is -2.39. The molecule has 0 heterocycles. The van der Waals surface area contributed by atoms with Crippen LogP contribution in [0, 0.1) is 6.92 Å². The molecule has 0 spiro atoms. The highest BCUT2D eigenvalue weighted by molar-refractivity contribution is 7.85. The molecule has 0 atom stereocenters. The molecule has 1 aromatic carbocycles. The number of hydrogen-bond acceptors (Lipinski definition) is 5. The number of aryl methyl sites for hydroxylation is 1. The molecule has 0 aliphatic heterocycles. The number of aliphatic hydroxyl groups is 1. The Kier molecular flexibility index (Phi) is 6.47. The molecule has 1 saturated carbocycles. The maximum Gasteiger partial charge on any atom is 0.407 e. The molecule has 8 heteroatoms. The van der Waals surface area contributed by atoms with Crippen molar-refractivity contribution in [2.45, 2.75) is 88.9 Å². The highest BCUT2D eigenvalue weighted by Gasteiger charge is 2.40. The van der Waals surface area contributed by atoms with Crippen molar-refractivity contribution in [2.75, 3.05) is 0 Å². The zero-order chi connectivity index (χ0) is 21.3. The standard InChI is InChI=1S/C20H31NO6S/c1-6-15-13(2)7-8-16(28(24,25)26)17(15)20(23)11-9-14(10-12-20)21-18(22)27-19(3,4)5/h7-8,14,23H,6,9-12H2,1-5H3,(H,21,22)(H,24,25,26). The molecular formula is C20H31NO6S. The Balaban J connectivity index is 2.27. The smallest absolute Gasteiger partial charge is 0.407 e. The topological polar surface area (TPSA) is 113 Å². The number of alkyl carbamates (subject to hydrolysis) is 1. The number of benzene rings is 1. The summed E-state index contributed by atoms with van der Waals surface area (Å²) in [4.78, 5) is 11.7. The lowest BCUT2D eigenvalue weighted by molar-refractivity contribution is -0.0138. The van der Waals surface area contributed by atoms with Crippen LogP contribution >= 0.6 is 0 Å². The lowest BCUT2D eigenvalue weighted by atomic mass is 9.75. The number of hydrogen-bond donors (Lipinski definition) is 3. The quantitative estimate of drug-likeness (QED) is 0.652. The van der Waals surface area contributed by atoms with Crippen LogP contribution in [0.3, 0.4) is 0 Å². The average molecular weight is 414 g/mol. The van der Waals surface area contributed by atoms with Crippen LogP contribution in [0.5, 0.6) is 0 Å². The second-order valence-corrected chi connectivity index (χ2v) is 9.90. The molecule has 0 bridgehead atoms. The third-order valence-electron chi connectivity index (χ3n) is 5.14. The molecular weight excluding hydrogens is 382 g/mol. The van der Waals surface area contributed by atoms with Crippen LogP contribution in [0.4, 0.5) is 4.79 Å². The second kappa shape index (κ2) is 8.00. The monoisotopic (exact) mass is 413 g/mol. The van der Waals surface area contributed by atoms with Crippen LogP contribution in [0.25, 0.3) is 0 Å². The minimum atomic E-state index is -4.47. The fourth-order valence-corrected chi connectivity index (χ4v) is 4.69. The van der Waals surface area contributed by atoms with Crippen LogP contribution in [-0.4, -0.2) is 35.8 Å². The minimum Gasteiger partial charge on any atom is -0.444 e. The van der Waals surface area contributed by atoms with Crippen molar-refractivity contribution >= 4 is 16.2 Å². The molecule has 1 amide bonds. The zero-order valence-electron chi connectivity index (χ0n) is 17.2. The van der Waals surface area contributed by atoms with E-state index in [1.54, 1.807) is 26.8 Å². The highest BCUT2D eigenvalue weighted by Crippen LogP contribution is 2.42. The van der Waals surface area contributed by atoms with E-state index < -0.39 is 27.4 Å². The Hall–Kier alpha value is -1.64. The van der Waals surface area contributed by atoms with Gasteiger partial charge in [-0.05, 0) is 77.0 Å². The first-order valence-corrected chi connectivity index (χ1v) is 11.0. The Morgan fingerprint density at radius 1 is 1.29 bits per heavy atom. The highest BCUT2D eigenvalue weighted by atomic mass is 32.2. The third-order valence-corrected chi connectivity index (χ3v) is 6.04. The fourth-order valence-electron chi connectivity index (χ4n) is 3.88. The summed E-state index contributed by atoms with van der Waals surface area (Å²) < 4.78 is 38.8. The Morgan fingerprint density at radius 2 is 1.86 bits per heavy atom. The van der Waals surface area contributed by atoms with E-state index in [2.05, 4.69) is 5.32 Å². The number of amides is 1. The van der Waals surface area contributed by atoms with Crippen molar-refractivity contribution in [2.24, 2.45) is 0 Å². The molecule has 2 rings (SSSR count). The zero-order valence-corrected chi connectivity index (χ0v) is 18.0. The maximum absolute atomic E-state index is 12.0. The molecule has 1 fully saturated rings. The van der Waals surface area contributed by atoms with Crippen LogP contribution in [0.1, 0.15) is 70.1 Å². The van der Waals surface area contributed by atoms with Crippen LogP contribution in [-0.2, 0) is 26.9 Å². The number of carbonyl (C=O) groups is 1. The summed E-state index contributed by atoms with van der Waals surface area (Å²) in [5.41, 5.74) is -0.0903.